The number of halogens is 2. The van der Waals surface area contributed by atoms with Gasteiger partial charge in [-0.3, -0.25) is 4.40 Å². The minimum absolute atomic E-state index is 0.248. The van der Waals surface area contributed by atoms with Gasteiger partial charge in [0, 0.05) is 18.3 Å². The number of hydrogen-bond acceptors (Lipinski definition) is 5. The van der Waals surface area contributed by atoms with E-state index in [-0.39, 0.29) is 6.61 Å². The number of aryl methyl sites for hydroxylation is 1. The third-order valence-electron chi connectivity index (χ3n) is 7.40. The second kappa shape index (κ2) is 15.3. The molecule has 0 aliphatic heterocycles. The lowest BCUT2D eigenvalue weighted by atomic mass is 10.1. The van der Waals surface area contributed by atoms with E-state index in [1.807, 2.05) is 53.4 Å². The maximum absolute atomic E-state index is 12.5. The normalized spacial score (nSPS) is 14.5. The van der Waals surface area contributed by atoms with Gasteiger partial charge in [-0.15, -0.1) is 0 Å². The molecule has 220 valence electrons. The molecular formula is C32H41F2N5O2. The molecule has 41 heavy (non-hydrogen) atoms. The Kier molecular flexibility index (Phi) is 11.3. The van der Waals surface area contributed by atoms with Crippen molar-refractivity contribution in [3.8, 4) is 11.5 Å². The minimum atomic E-state index is 0.248. The SMILES string of the molecule is CC/C(=C/F)COc1ccc2nc(C3CCCC3)cn2c1.CCCCc1cn2cc(OC/C(=C/F)CC)cnc2n1. The summed E-state index contributed by atoms with van der Waals surface area (Å²) in [7, 11) is 0. The van der Waals surface area contributed by atoms with E-state index >= 15 is 0 Å². The van der Waals surface area contributed by atoms with Gasteiger partial charge >= 0.3 is 0 Å². The molecule has 0 radical (unpaired) electrons. The third kappa shape index (κ3) is 8.38. The summed E-state index contributed by atoms with van der Waals surface area (Å²) in [5.74, 6) is 2.63. The maximum atomic E-state index is 12.5. The molecule has 9 heteroatoms. The summed E-state index contributed by atoms with van der Waals surface area (Å²) in [6, 6.07) is 3.85. The lowest BCUT2D eigenvalue weighted by molar-refractivity contribution is 0.342. The summed E-state index contributed by atoms with van der Waals surface area (Å²) in [6.07, 6.45) is 20.3. The fraction of sp³-hybridized carbons (Fsp3) is 0.469. The van der Waals surface area contributed by atoms with E-state index < -0.39 is 0 Å². The highest BCUT2D eigenvalue weighted by Crippen LogP contribution is 2.33. The van der Waals surface area contributed by atoms with Gasteiger partial charge in [0.2, 0.25) is 5.78 Å². The van der Waals surface area contributed by atoms with Crippen LogP contribution in [0.15, 0.2) is 66.9 Å². The summed E-state index contributed by atoms with van der Waals surface area (Å²) in [6.45, 7) is 6.51. The number of nitrogens with zero attached hydrogens (tertiary/aromatic N) is 5. The number of pyridine rings is 1. The maximum Gasteiger partial charge on any atom is 0.234 e. The van der Waals surface area contributed by atoms with E-state index in [4.69, 9.17) is 14.5 Å². The minimum Gasteiger partial charge on any atom is -0.488 e. The van der Waals surface area contributed by atoms with Crippen LogP contribution in [-0.4, -0.2) is 37.0 Å². The zero-order valence-electron chi connectivity index (χ0n) is 24.4. The molecule has 1 fully saturated rings. The number of imidazole rings is 2. The van der Waals surface area contributed by atoms with E-state index in [2.05, 4.69) is 23.1 Å². The second-order valence-corrected chi connectivity index (χ2v) is 10.4. The fourth-order valence-electron chi connectivity index (χ4n) is 4.74. The van der Waals surface area contributed by atoms with Crippen LogP contribution in [0.2, 0.25) is 0 Å². The monoisotopic (exact) mass is 565 g/mol. The smallest absolute Gasteiger partial charge is 0.234 e. The highest BCUT2D eigenvalue weighted by atomic mass is 19.1. The molecule has 0 unspecified atom stereocenters. The van der Waals surface area contributed by atoms with Gasteiger partial charge in [-0.1, -0.05) is 40.0 Å². The summed E-state index contributed by atoms with van der Waals surface area (Å²) in [5.41, 5.74) is 4.45. The van der Waals surface area contributed by atoms with Crippen molar-refractivity contribution in [2.75, 3.05) is 13.2 Å². The number of rotatable bonds is 12. The predicted octanol–water partition coefficient (Wildman–Crippen LogP) is 8.35. The molecule has 4 aromatic rings. The van der Waals surface area contributed by atoms with Crippen LogP contribution >= 0.6 is 0 Å². The van der Waals surface area contributed by atoms with Gasteiger partial charge in [0.05, 0.1) is 42.6 Å². The number of unbranched alkanes of at least 4 members (excludes halogenated alkanes) is 1. The molecule has 0 N–H and O–H groups in total. The van der Waals surface area contributed by atoms with Gasteiger partial charge in [0.1, 0.15) is 24.6 Å². The molecule has 0 saturated heterocycles. The van der Waals surface area contributed by atoms with E-state index in [0.717, 1.165) is 36.4 Å². The predicted molar refractivity (Wildman–Crippen MR) is 158 cm³/mol. The van der Waals surface area contributed by atoms with Crippen LogP contribution in [0.3, 0.4) is 0 Å². The lowest BCUT2D eigenvalue weighted by Gasteiger charge is -2.07. The Bertz CT molecular complexity index is 1450. The molecule has 0 amide bonds. The molecule has 4 aromatic heterocycles. The molecule has 4 heterocycles. The topological polar surface area (TPSA) is 66.0 Å². The Balaban J connectivity index is 0.000000189. The Morgan fingerprint density at radius 2 is 1.56 bits per heavy atom. The summed E-state index contributed by atoms with van der Waals surface area (Å²) in [5, 5.41) is 0. The lowest BCUT2D eigenvalue weighted by Crippen LogP contribution is -2.01. The largest absolute Gasteiger partial charge is 0.488 e. The van der Waals surface area contributed by atoms with Gasteiger partial charge in [-0.05, 0) is 61.8 Å². The van der Waals surface area contributed by atoms with Gasteiger partial charge in [0.15, 0.2) is 5.75 Å². The Hall–Kier alpha value is -3.75. The van der Waals surface area contributed by atoms with Gasteiger partial charge in [-0.25, -0.2) is 23.7 Å². The summed E-state index contributed by atoms with van der Waals surface area (Å²) < 4.78 is 40.0. The zero-order chi connectivity index (χ0) is 29.0. The van der Waals surface area contributed by atoms with Crippen LogP contribution in [0.1, 0.15) is 89.4 Å². The van der Waals surface area contributed by atoms with Gasteiger partial charge in [-0.2, -0.15) is 0 Å². The fourth-order valence-corrected chi connectivity index (χ4v) is 4.74. The molecule has 0 aromatic carbocycles. The standard InChI is InChI=1S/C17H21FN2O.C15H20FN3O/c1-2-13(9-18)12-21-15-7-8-17-19-16(11-20(17)10-15)14-5-3-4-6-14;1-3-5-6-13-9-19-10-14(8-17-15(19)18-13)20-11-12(4-2)7-16/h7-11,14H,2-6,12H2,1H3;7-10H,3-6,11H2,1-2H3/b13-9-;12-7+. The van der Waals surface area contributed by atoms with Gasteiger partial charge in [0.25, 0.3) is 0 Å². The van der Waals surface area contributed by atoms with E-state index in [1.54, 1.807) is 6.20 Å². The quantitative estimate of drug-likeness (QED) is 0.173. The molecule has 1 aliphatic rings. The molecule has 0 spiro atoms. The third-order valence-corrected chi connectivity index (χ3v) is 7.40. The number of aromatic nitrogens is 5. The zero-order valence-corrected chi connectivity index (χ0v) is 24.4. The number of ether oxygens (including phenoxy) is 2. The van der Waals surface area contributed by atoms with Crippen molar-refractivity contribution in [1.29, 1.82) is 0 Å². The highest BCUT2D eigenvalue weighted by Gasteiger charge is 2.19. The first-order chi connectivity index (χ1) is 20.1. The van der Waals surface area contributed by atoms with E-state index in [0.29, 0.717) is 60.7 Å². The first kappa shape index (κ1) is 30.2. The van der Waals surface area contributed by atoms with Crippen molar-refractivity contribution in [3.63, 3.8) is 0 Å². The molecule has 0 bridgehead atoms. The molecule has 5 rings (SSSR count). The molecule has 0 atom stereocenters. The Morgan fingerprint density at radius 1 is 0.878 bits per heavy atom. The molecule has 7 nitrogen and oxygen atoms in total. The van der Waals surface area contributed by atoms with Crippen molar-refractivity contribution in [2.24, 2.45) is 0 Å². The van der Waals surface area contributed by atoms with Crippen LogP contribution < -0.4 is 9.47 Å². The number of hydrogen-bond donors (Lipinski definition) is 0. The number of fused-ring (bicyclic) bond motifs is 2. The van der Waals surface area contributed by atoms with E-state index in [1.165, 1.54) is 31.4 Å². The van der Waals surface area contributed by atoms with Crippen molar-refractivity contribution < 1.29 is 18.3 Å². The van der Waals surface area contributed by atoms with Crippen LogP contribution in [0.5, 0.6) is 11.5 Å². The van der Waals surface area contributed by atoms with E-state index in [9.17, 15) is 8.78 Å². The first-order valence-electron chi connectivity index (χ1n) is 14.7. The van der Waals surface area contributed by atoms with Crippen LogP contribution in [0.4, 0.5) is 8.78 Å². The van der Waals surface area contributed by atoms with Crippen LogP contribution in [0, 0.1) is 0 Å². The average Bonchev–Trinajstić information content (AvgIpc) is 3.76. The van der Waals surface area contributed by atoms with Crippen molar-refractivity contribution in [2.45, 2.75) is 84.5 Å². The highest BCUT2D eigenvalue weighted by molar-refractivity contribution is 5.44. The van der Waals surface area contributed by atoms with Crippen molar-refractivity contribution >= 4 is 11.4 Å². The van der Waals surface area contributed by atoms with Crippen LogP contribution in [0.25, 0.3) is 11.4 Å². The Labute approximate surface area is 240 Å². The van der Waals surface area contributed by atoms with Crippen molar-refractivity contribution in [1.82, 2.24) is 23.8 Å². The summed E-state index contributed by atoms with van der Waals surface area (Å²) in [4.78, 5) is 13.4. The molecule has 1 aliphatic carbocycles. The first-order valence-corrected chi connectivity index (χ1v) is 14.7. The average molecular weight is 566 g/mol. The van der Waals surface area contributed by atoms with Crippen molar-refractivity contribution in [3.05, 3.63) is 78.3 Å². The Morgan fingerprint density at radius 3 is 2.22 bits per heavy atom. The molecule has 1 saturated carbocycles. The molecular weight excluding hydrogens is 524 g/mol. The summed E-state index contributed by atoms with van der Waals surface area (Å²) >= 11 is 0. The second-order valence-electron chi connectivity index (χ2n) is 10.4. The van der Waals surface area contributed by atoms with Crippen LogP contribution in [-0.2, 0) is 6.42 Å². The van der Waals surface area contributed by atoms with Gasteiger partial charge < -0.3 is 13.9 Å².